The molecule has 0 saturated carbocycles. The summed E-state index contributed by atoms with van der Waals surface area (Å²) < 4.78 is 12.3. The van der Waals surface area contributed by atoms with Gasteiger partial charge in [0.1, 0.15) is 18.1 Å². The van der Waals surface area contributed by atoms with E-state index in [1.54, 1.807) is 0 Å². The summed E-state index contributed by atoms with van der Waals surface area (Å²) in [5, 5.41) is 17.1. The summed E-state index contributed by atoms with van der Waals surface area (Å²) in [5.74, 6) is 1.74. The molecule has 0 aliphatic carbocycles. The second-order valence-electron chi connectivity index (χ2n) is 12.8. The van der Waals surface area contributed by atoms with Crippen molar-refractivity contribution in [1.82, 2.24) is 0 Å². The van der Waals surface area contributed by atoms with Crippen molar-refractivity contribution in [3.63, 3.8) is 0 Å². The number of ether oxygens (including phenoxy) is 2. The lowest BCUT2D eigenvalue weighted by molar-refractivity contribution is 0.305. The summed E-state index contributed by atoms with van der Waals surface area (Å²) in [6.07, 6.45) is 6.59. The van der Waals surface area contributed by atoms with E-state index in [9.17, 15) is 0 Å². The quantitative estimate of drug-likeness (QED) is 0.0672. The first-order valence-electron chi connectivity index (χ1n) is 17.8. The number of nitrogens with zero attached hydrogens (tertiary/aromatic N) is 2. The lowest BCUT2D eigenvalue weighted by Crippen LogP contribution is -1.97. The van der Waals surface area contributed by atoms with Crippen LogP contribution in [-0.2, 0) is 19.4 Å². The van der Waals surface area contributed by atoms with Gasteiger partial charge in [-0.25, -0.2) is 0 Å². The van der Waals surface area contributed by atoms with Gasteiger partial charge in [0, 0.05) is 0 Å². The van der Waals surface area contributed by atoms with Gasteiger partial charge in [-0.1, -0.05) is 107 Å². The van der Waals surface area contributed by atoms with E-state index in [0.717, 1.165) is 48.7 Å². The molecule has 4 nitrogen and oxygen atoms in total. The van der Waals surface area contributed by atoms with Gasteiger partial charge in [-0.3, -0.25) is 0 Å². The number of benzene rings is 7. The Kier molecular flexibility index (Phi) is 9.84. The van der Waals surface area contributed by atoms with E-state index in [4.69, 9.17) is 14.6 Å². The maximum absolute atomic E-state index is 6.29. The van der Waals surface area contributed by atoms with Crippen LogP contribution in [0.2, 0.25) is 0 Å². The van der Waals surface area contributed by atoms with Crippen molar-refractivity contribution in [2.45, 2.75) is 65.9 Å². The third-order valence-corrected chi connectivity index (χ3v) is 9.60. The summed E-state index contributed by atoms with van der Waals surface area (Å²) in [4.78, 5) is 0. The summed E-state index contributed by atoms with van der Waals surface area (Å²) in [6.45, 7) is 7.86. The molecule has 0 amide bonds. The summed E-state index contributed by atoms with van der Waals surface area (Å²) >= 11 is 0. The van der Waals surface area contributed by atoms with E-state index in [0.29, 0.717) is 6.61 Å². The highest BCUT2D eigenvalue weighted by atomic mass is 16.5. The van der Waals surface area contributed by atoms with Gasteiger partial charge in [0.05, 0.1) is 18.0 Å². The fourth-order valence-electron chi connectivity index (χ4n) is 6.86. The molecule has 0 aliphatic heterocycles. The molecular weight excluding hydrogens is 601 g/mol. The predicted molar refractivity (Wildman–Crippen MR) is 205 cm³/mol. The molecule has 49 heavy (non-hydrogen) atoms. The molecule has 0 unspecified atom stereocenters. The number of aryl methyl sites for hydroxylation is 2. The molecule has 0 N–H and O–H groups in total. The Morgan fingerprint density at radius 1 is 0.510 bits per heavy atom. The van der Waals surface area contributed by atoms with Gasteiger partial charge in [-0.15, -0.1) is 5.11 Å². The molecule has 0 fully saturated rings. The Bertz CT molecular complexity index is 2160. The average Bonchev–Trinajstić information content (AvgIpc) is 3.15. The topological polar surface area (TPSA) is 43.2 Å². The fraction of sp³-hybridized carbons (Fsp3) is 0.244. The van der Waals surface area contributed by atoms with Crippen molar-refractivity contribution < 1.29 is 9.47 Å². The Hall–Kier alpha value is -5.22. The SMILES string of the molecule is CCCCCCOc1ccc(-c2cc(CC)c(N=Nc3ccc(OCc4ccc5ccc6cccc7ccc4c5c67)cc3)c(CC)c2)cc1. The third kappa shape index (κ3) is 7.00. The lowest BCUT2D eigenvalue weighted by atomic mass is 9.92. The monoisotopic (exact) mass is 644 g/mol. The van der Waals surface area contributed by atoms with E-state index in [-0.39, 0.29) is 0 Å². The molecule has 0 bridgehead atoms. The van der Waals surface area contributed by atoms with Crippen LogP contribution in [0, 0.1) is 0 Å². The third-order valence-electron chi connectivity index (χ3n) is 9.60. The fourth-order valence-corrected chi connectivity index (χ4v) is 6.86. The normalized spacial score (nSPS) is 11.7. The van der Waals surface area contributed by atoms with Crippen molar-refractivity contribution in [2.75, 3.05) is 6.61 Å². The van der Waals surface area contributed by atoms with Crippen LogP contribution in [-0.4, -0.2) is 6.61 Å². The van der Waals surface area contributed by atoms with Crippen molar-refractivity contribution in [3.8, 4) is 22.6 Å². The number of hydrogen-bond donors (Lipinski definition) is 0. The Labute approximate surface area is 289 Å². The lowest BCUT2D eigenvalue weighted by Gasteiger charge is -2.14. The molecule has 4 heteroatoms. The minimum atomic E-state index is 0.496. The average molecular weight is 645 g/mol. The smallest absolute Gasteiger partial charge is 0.119 e. The van der Waals surface area contributed by atoms with Crippen molar-refractivity contribution >= 4 is 43.7 Å². The van der Waals surface area contributed by atoms with Crippen LogP contribution in [0.3, 0.4) is 0 Å². The van der Waals surface area contributed by atoms with Gasteiger partial charge >= 0.3 is 0 Å². The summed E-state index contributed by atoms with van der Waals surface area (Å²) in [7, 11) is 0. The highest BCUT2D eigenvalue weighted by Crippen LogP contribution is 2.37. The highest BCUT2D eigenvalue weighted by Gasteiger charge is 2.13. The molecule has 0 heterocycles. The highest BCUT2D eigenvalue weighted by molar-refractivity contribution is 6.23. The maximum Gasteiger partial charge on any atom is 0.119 e. The minimum Gasteiger partial charge on any atom is -0.494 e. The largest absolute Gasteiger partial charge is 0.494 e. The molecule has 7 rings (SSSR count). The van der Waals surface area contributed by atoms with Gasteiger partial charge < -0.3 is 9.47 Å². The van der Waals surface area contributed by atoms with Crippen molar-refractivity contribution in [2.24, 2.45) is 10.2 Å². The number of azo groups is 1. The second kappa shape index (κ2) is 14.9. The van der Waals surface area contributed by atoms with E-state index >= 15 is 0 Å². The standard InChI is InChI=1S/C45H44N2O2/c1-4-7-8-9-27-48-40-22-17-33(18-23-40)38-28-31(5-2)45(32(6-3)29-38)47-46-39-20-24-41(25-21-39)49-30-37-16-15-36-14-13-34-11-10-12-35-19-26-42(37)44(36)43(34)35/h10-26,28-29H,4-9,27,30H2,1-3H3. The van der Waals surface area contributed by atoms with Crippen molar-refractivity contribution in [3.05, 3.63) is 132 Å². The van der Waals surface area contributed by atoms with Crippen LogP contribution < -0.4 is 9.47 Å². The Morgan fingerprint density at radius 2 is 1.14 bits per heavy atom. The molecule has 0 aliphatic rings. The van der Waals surface area contributed by atoms with Crippen LogP contribution in [0.5, 0.6) is 11.5 Å². The van der Waals surface area contributed by atoms with Gasteiger partial charge in [-0.05, 0) is 128 Å². The molecule has 7 aromatic rings. The zero-order chi connectivity index (χ0) is 33.6. The maximum atomic E-state index is 6.29. The van der Waals surface area contributed by atoms with E-state index in [1.807, 2.05) is 24.3 Å². The van der Waals surface area contributed by atoms with E-state index in [2.05, 4.69) is 117 Å². The molecule has 0 radical (unpaired) electrons. The Morgan fingerprint density at radius 3 is 1.84 bits per heavy atom. The van der Waals surface area contributed by atoms with Crippen LogP contribution in [0.1, 0.15) is 63.1 Å². The second-order valence-corrected chi connectivity index (χ2v) is 12.8. The molecule has 246 valence electrons. The van der Waals surface area contributed by atoms with E-state index < -0.39 is 0 Å². The minimum absolute atomic E-state index is 0.496. The van der Waals surface area contributed by atoms with Crippen LogP contribution in [0.25, 0.3) is 43.4 Å². The zero-order valence-electron chi connectivity index (χ0n) is 28.8. The van der Waals surface area contributed by atoms with Gasteiger partial charge in [0.25, 0.3) is 0 Å². The van der Waals surface area contributed by atoms with Crippen LogP contribution in [0.4, 0.5) is 11.4 Å². The number of hydrogen-bond acceptors (Lipinski definition) is 4. The first kappa shape index (κ1) is 32.3. The zero-order valence-corrected chi connectivity index (χ0v) is 28.8. The van der Waals surface area contributed by atoms with Crippen LogP contribution >= 0.6 is 0 Å². The van der Waals surface area contributed by atoms with Gasteiger partial charge in [0.15, 0.2) is 0 Å². The summed E-state index contributed by atoms with van der Waals surface area (Å²) in [5.41, 5.74) is 7.73. The molecule has 0 saturated heterocycles. The van der Waals surface area contributed by atoms with Gasteiger partial charge in [0.2, 0.25) is 0 Å². The van der Waals surface area contributed by atoms with E-state index in [1.165, 1.54) is 79.4 Å². The number of rotatable bonds is 14. The molecule has 0 aromatic heterocycles. The van der Waals surface area contributed by atoms with Crippen molar-refractivity contribution in [1.29, 1.82) is 0 Å². The number of unbranched alkanes of at least 4 members (excludes halogenated alkanes) is 3. The van der Waals surface area contributed by atoms with Gasteiger partial charge in [-0.2, -0.15) is 5.11 Å². The predicted octanol–water partition coefficient (Wildman–Crippen LogP) is 13.3. The first-order valence-corrected chi connectivity index (χ1v) is 17.8. The molecular formula is C45H44N2O2. The Balaban J connectivity index is 1.04. The molecule has 0 spiro atoms. The summed E-state index contributed by atoms with van der Waals surface area (Å²) in [6, 6.07) is 40.7. The molecule has 7 aromatic carbocycles. The molecule has 0 atom stereocenters. The van der Waals surface area contributed by atoms with Crippen LogP contribution in [0.15, 0.2) is 125 Å². The first-order chi connectivity index (χ1) is 24.1.